The summed E-state index contributed by atoms with van der Waals surface area (Å²) in [5.74, 6) is 0. The molecule has 0 bridgehead atoms. The predicted molar refractivity (Wildman–Crippen MR) is 118 cm³/mol. The smallest absolute Gasteiger partial charge is 0.301 e. The summed E-state index contributed by atoms with van der Waals surface area (Å²) in [6.45, 7) is 2.89. The molecular formula is C22H34N4O3S. The number of ether oxygens (including phenoxy) is 1. The minimum Gasteiger partial charge on any atom is -0.378 e. The van der Waals surface area contributed by atoms with Crippen molar-refractivity contribution in [3.63, 3.8) is 0 Å². The zero-order valence-electron chi connectivity index (χ0n) is 17.9. The number of nitrogens with one attached hydrogen (secondary N) is 1. The zero-order chi connectivity index (χ0) is 21.4. The van der Waals surface area contributed by atoms with Gasteiger partial charge in [0.2, 0.25) is 0 Å². The lowest BCUT2D eigenvalue weighted by Gasteiger charge is -2.31. The van der Waals surface area contributed by atoms with E-state index in [2.05, 4.69) is 16.7 Å². The maximum absolute atomic E-state index is 12.6. The minimum absolute atomic E-state index is 0.146. The predicted octanol–water partition coefficient (Wildman–Crippen LogP) is 3.35. The summed E-state index contributed by atoms with van der Waals surface area (Å²) in [6, 6.07) is 9.29. The Hall–Kier alpha value is -1.66. The van der Waals surface area contributed by atoms with E-state index in [1.807, 2.05) is 6.07 Å². The number of anilines is 1. The second-order valence-electron chi connectivity index (χ2n) is 8.39. The quantitative estimate of drug-likeness (QED) is 0.510. The molecule has 1 aromatic carbocycles. The number of piperidine rings is 1. The number of unbranched alkanes of at least 4 members (excludes halogenated alkanes) is 3. The van der Waals surface area contributed by atoms with Crippen LogP contribution in [0.4, 0.5) is 5.69 Å². The van der Waals surface area contributed by atoms with E-state index in [1.54, 1.807) is 24.3 Å². The lowest BCUT2D eigenvalue weighted by atomic mass is 10.1. The molecule has 1 N–H and O–H groups in total. The van der Waals surface area contributed by atoms with Crippen molar-refractivity contribution < 1.29 is 13.2 Å². The highest BCUT2D eigenvalue weighted by atomic mass is 32.2. The summed E-state index contributed by atoms with van der Waals surface area (Å²) in [4.78, 5) is 2.48. The Morgan fingerprint density at radius 3 is 2.40 bits per heavy atom. The Morgan fingerprint density at radius 2 is 1.77 bits per heavy atom. The Morgan fingerprint density at radius 1 is 1.10 bits per heavy atom. The summed E-state index contributed by atoms with van der Waals surface area (Å²) in [5, 5.41) is 8.83. The molecule has 1 aliphatic carbocycles. The minimum atomic E-state index is -3.58. The third kappa shape index (κ3) is 7.24. The molecule has 0 spiro atoms. The molecule has 1 aliphatic heterocycles. The van der Waals surface area contributed by atoms with Crippen LogP contribution in [0.25, 0.3) is 0 Å². The van der Waals surface area contributed by atoms with Crippen LogP contribution in [0.5, 0.6) is 0 Å². The lowest BCUT2D eigenvalue weighted by Crippen LogP contribution is -2.43. The van der Waals surface area contributed by atoms with Gasteiger partial charge in [-0.25, -0.2) is 0 Å². The van der Waals surface area contributed by atoms with Crippen LogP contribution in [0, 0.1) is 11.3 Å². The molecule has 1 heterocycles. The molecule has 166 valence electrons. The summed E-state index contributed by atoms with van der Waals surface area (Å²) >= 11 is 0. The normalized spacial score (nSPS) is 18.4. The van der Waals surface area contributed by atoms with Gasteiger partial charge in [-0.05, 0) is 76.4 Å². The van der Waals surface area contributed by atoms with Crippen LogP contribution in [-0.4, -0.2) is 63.1 Å². The van der Waals surface area contributed by atoms with E-state index in [-0.39, 0.29) is 6.10 Å². The summed E-state index contributed by atoms with van der Waals surface area (Å²) < 4.78 is 35.2. The Bertz CT molecular complexity index is 795. The first-order chi connectivity index (χ1) is 14.5. The summed E-state index contributed by atoms with van der Waals surface area (Å²) in [6.07, 6.45) is 9.11. The molecule has 2 fully saturated rings. The average molecular weight is 435 g/mol. The van der Waals surface area contributed by atoms with Crippen LogP contribution in [0.2, 0.25) is 0 Å². The number of nitriles is 1. The van der Waals surface area contributed by atoms with E-state index < -0.39 is 10.2 Å². The van der Waals surface area contributed by atoms with Gasteiger partial charge < -0.3 is 9.64 Å². The van der Waals surface area contributed by atoms with Crippen molar-refractivity contribution in [2.24, 2.45) is 0 Å². The first-order valence-corrected chi connectivity index (χ1v) is 12.5. The van der Waals surface area contributed by atoms with Crippen molar-refractivity contribution in [3.05, 3.63) is 29.8 Å². The van der Waals surface area contributed by atoms with Gasteiger partial charge >= 0.3 is 10.2 Å². The second-order valence-corrected chi connectivity index (χ2v) is 10.1. The molecule has 0 unspecified atom stereocenters. The first-order valence-electron chi connectivity index (χ1n) is 11.1. The summed E-state index contributed by atoms with van der Waals surface area (Å²) in [7, 11) is -1.35. The van der Waals surface area contributed by atoms with Crippen LogP contribution < -0.4 is 4.72 Å². The Balaban J connectivity index is 1.27. The molecular weight excluding hydrogens is 400 g/mol. The SMILES string of the molecule is CN(CCCCCCOC1CCN(S(=O)(=O)Nc2ccc(C#N)cc2)CC1)C1CC1. The number of benzene rings is 1. The lowest BCUT2D eigenvalue weighted by molar-refractivity contribution is 0.0193. The first kappa shape index (κ1) is 23.0. The topological polar surface area (TPSA) is 85.7 Å². The van der Waals surface area contributed by atoms with Gasteiger partial charge in [0.05, 0.1) is 17.7 Å². The van der Waals surface area contributed by atoms with E-state index in [9.17, 15) is 8.42 Å². The zero-order valence-corrected chi connectivity index (χ0v) is 18.7. The number of nitrogens with zero attached hydrogens (tertiary/aromatic N) is 3. The molecule has 30 heavy (non-hydrogen) atoms. The van der Waals surface area contributed by atoms with Gasteiger partial charge in [0.15, 0.2) is 0 Å². The number of rotatable bonds is 12. The van der Waals surface area contributed by atoms with Crippen LogP contribution in [0.3, 0.4) is 0 Å². The van der Waals surface area contributed by atoms with Crippen LogP contribution in [0.15, 0.2) is 24.3 Å². The van der Waals surface area contributed by atoms with Crippen molar-refractivity contribution in [1.29, 1.82) is 5.26 Å². The third-order valence-corrected chi connectivity index (χ3v) is 7.47. The fraction of sp³-hybridized carbons (Fsp3) is 0.682. The van der Waals surface area contributed by atoms with Gasteiger partial charge in [-0.15, -0.1) is 0 Å². The van der Waals surface area contributed by atoms with E-state index in [0.29, 0.717) is 24.3 Å². The van der Waals surface area contributed by atoms with Crippen LogP contribution in [-0.2, 0) is 14.9 Å². The van der Waals surface area contributed by atoms with Gasteiger partial charge in [-0.3, -0.25) is 4.72 Å². The highest BCUT2D eigenvalue weighted by Crippen LogP contribution is 2.25. The molecule has 3 rings (SSSR count). The highest BCUT2D eigenvalue weighted by molar-refractivity contribution is 7.90. The van der Waals surface area contributed by atoms with E-state index in [4.69, 9.17) is 10.00 Å². The molecule has 7 nitrogen and oxygen atoms in total. The molecule has 0 aromatic heterocycles. The number of hydrogen-bond donors (Lipinski definition) is 1. The Labute approximate surface area is 181 Å². The molecule has 1 saturated carbocycles. The molecule has 8 heteroatoms. The second kappa shape index (κ2) is 11.1. The van der Waals surface area contributed by atoms with Gasteiger partial charge in [0.1, 0.15) is 0 Å². The van der Waals surface area contributed by atoms with Gasteiger partial charge in [-0.1, -0.05) is 12.8 Å². The largest absolute Gasteiger partial charge is 0.378 e. The highest BCUT2D eigenvalue weighted by Gasteiger charge is 2.28. The fourth-order valence-electron chi connectivity index (χ4n) is 3.83. The maximum atomic E-state index is 12.6. The molecule has 2 aliphatic rings. The van der Waals surface area contributed by atoms with Crippen molar-refractivity contribution >= 4 is 15.9 Å². The Kier molecular flexibility index (Phi) is 8.51. The van der Waals surface area contributed by atoms with E-state index in [0.717, 1.165) is 31.9 Å². The average Bonchev–Trinajstić information content (AvgIpc) is 3.59. The van der Waals surface area contributed by atoms with Crippen molar-refractivity contribution in [2.75, 3.05) is 38.0 Å². The molecule has 0 atom stereocenters. The maximum Gasteiger partial charge on any atom is 0.301 e. The van der Waals surface area contributed by atoms with Crippen molar-refractivity contribution in [2.45, 2.75) is 63.5 Å². The van der Waals surface area contributed by atoms with Crippen molar-refractivity contribution in [1.82, 2.24) is 9.21 Å². The monoisotopic (exact) mass is 434 g/mol. The molecule has 0 radical (unpaired) electrons. The van der Waals surface area contributed by atoms with E-state index >= 15 is 0 Å². The molecule has 0 amide bonds. The third-order valence-electron chi connectivity index (χ3n) is 5.93. The van der Waals surface area contributed by atoms with Crippen LogP contribution in [0.1, 0.15) is 56.9 Å². The van der Waals surface area contributed by atoms with Crippen LogP contribution >= 0.6 is 0 Å². The molecule has 1 saturated heterocycles. The van der Waals surface area contributed by atoms with Gasteiger partial charge in [-0.2, -0.15) is 18.0 Å². The number of hydrogen-bond acceptors (Lipinski definition) is 5. The van der Waals surface area contributed by atoms with Crippen molar-refractivity contribution in [3.8, 4) is 6.07 Å². The fourth-order valence-corrected chi connectivity index (χ4v) is 5.08. The standard InChI is InChI=1S/C22H34N4O3S/c1-25(21-10-11-21)14-4-2-3-5-17-29-22-12-15-26(16-13-22)30(27,28)24-20-8-6-19(18-23)7-9-20/h6-9,21-22,24H,2-5,10-17H2,1H3. The molecule has 1 aromatic rings. The summed E-state index contributed by atoms with van der Waals surface area (Å²) in [5.41, 5.74) is 0.970. The van der Waals surface area contributed by atoms with Gasteiger partial charge in [0, 0.05) is 31.4 Å². The van der Waals surface area contributed by atoms with Gasteiger partial charge in [0.25, 0.3) is 0 Å². The van der Waals surface area contributed by atoms with E-state index in [1.165, 1.54) is 43.0 Å².